The minimum Gasteiger partial charge on any atom is -0.508 e. The van der Waals surface area contributed by atoms with Crippen molar-refractivity contribution in [3.63, 3.8) is 0 Å². The van der Waals surface area contributed by atoms with E-state index in [2.05, 4.69) is 29.5 Å². The summed E-state index contributed by atoms with van der Waals surface area (Å²) in [5.41, 5.74) is 8.03. The van der Waals surface area contributed by atoms with Crippen molar-refractivity contribution in [2.24, 2.45) is 17.6 Å². The first-order valence-electron chi connectivity index (χ1n) is 10.2. The van der Waals surface area contributed by atoms with Crippen LogP contribution in [-0.4, -0.2) is 39.0 Å². The average molecular weight is 386 g/mol. The molecule has 0 radical (unpaired) electrons. The van der Waals surface area contributed by atoms with Gasteiger partial charge in [-0.15, -0.1) is 5.10 Å². The van der Waals surface area contributed by atoms with E-state index in [-0.39, 0.29) is 35.5 Å². The number of rotatable bonds is 8. The van der Waals surface area contributed by atoms with Crippen LogP contribution in [0.2, 0.25) is 0 Å². The van der Waals surface area contributed by atoms with Gasteiger partial charge in [-0.2, -0.15) is 0 Å². The second-order valence-electron chi connectivity index (χ2n) is 7.86. The molecule has 0 spiro atoms. The normalized spacial score (nSPS) is 18.5. The number of carbonyl (C=O) groups excluding carboxylic acids is 1. The fourth-order valence-electron chi connectivity index (χ4n) is 3.83. The van der Waals surface area contributed by atoms with Crippen LogP contribution in [0.5, 0.6) is 5.75 Å². The summed E-state index contributed by atoms with van der Waals surface area (Å²) in [5, 5.41) is 21.3. The van der Waals surface area contributed by atoms with Crippen LogP contribution in [0, 0.1) is 11.8 Å². The highest BCUT2D eigenvalue weighted by Gasteiger charge is 2.33. The molecule has 0 bridgehead atoms. The van der Waals surface area contributed by atoms with Crippen LogP contribution in [0.15, 0.2) is 30.5 Å². The smallest absolute Gasteiger partial charge is 0.160 e. The molecular weight excluding hydrogens is 354 g/mol. The summed E-state index contributed by atoms with van der Waals surface area (Å²) >= 11 is 0. The molecule has 1 fully saturated rings. The van der Waals surface area contributed by atoms with Gasteiger partial charge in [0.05, 0.1) is 17.9 Å². The molecule has 3 atom stereocenters. The number of benzene rings is 1. The van der Waals surface area contributed by atoms with E-state index in [1.807, 2.05) is 18.3 Å². The van der Waals surface area contributed by atoms with Crippen LogP contribution >= 0.6 is 0 Å². The van der Waals surface area contributed by atoms with Gasteiger partial charge in [0.25, 0.3) is 0 Å². The summed E-state index contributed by atoms with van der Waals surface area (Å²) in [6.45, 7) is 5.98. The first-order chi connectivity index (χ1) is 13.5. The molecule has 28 heavy (non-hydrogen) atoms. The van der Waals surface area contributed by atoms with Crippen LogP contribution in [0.4, 0.5) is 0 Å². The van der Waals surface area contributed by atoms with Gasteiger partial charge in [-0.05, 0) is 56.0 Å². The van der Waals surface area contributed by atoms with Gasteiger partial charge < -0.3 is 16.2 Å². The number of carbonyl (C=O) groups is 1. The van der Waals surface area contributed by atoms with Gasteiger partial charge in [-0.1, -0.05) is 37.6 Å². The van der Waals surface area contributed by atoms with Crippen LogP contribution in [0.1, 0.15) is 56.5 Å². The van der Waals surface area contributed by atoms with Gasteiger partial charge in [-0.3, -0.25) is 4.79 Å². The quantitative estimate of drug-likeness (QED) is 0.644. The number of aromatic hydroxyl groups is 1. The van der Waals surface area contributed by atoms with Crippen molar-refractivity contribution in [2.75, 3.05) is 13.1 Å². The predicted octanol–water partition coefficient (Wildman–Crippen LogP) is 2.38. The topological polar surface area (TPSA) is 106 Å². The number of phenols is 1. The minimum atomic E-state index is -0.315. The van der Waals surface area contributed by atoms with Crippen molar-refractivity contribution in [2.45, 2.75) is 51.6 Å². The lowest BCUT2D eigenvalue weighted by Crippen LogP contribution is -2.37. The first-order valence-corrected chi connectivity index (χ1v) is 10.2. The minimum absolute atomic E-state index is 0.0820. The Morgan fingerprint density at radius 1 is 1.32 bits per heavy atom. The lowest BCUT2D eigenvalue weighted by molar-refractivity contribution is -0.128. The molecule has 0 saturated carbocycles. The number of nitrogens with one attached hydrogen (secondary N) is 1. The molecule has 3 rings (SSSR count). The molecule has 2 aromatic rings. The van der Waals surface area contributed by atoms with Crippen LogP contribution in [0.25, 0.3) is 0 Å². The zero-order valence-corrected chi connectivity index (χ0v) is 16.7. The molecule has 0 unspecified atom stereocenters. The number of nitrogens with two attached hydrogens (primary N) is 1. The second kappa shape index (κ2) is 9.30. The van der Waals surface area contributed by atoms with E-state index in [4.69, 9.17) is 5.73 Å². The summed E-state index contributed by atoms with van der Waals surface area (Å²) < 4.78 is 1.73. The van der Waals surface area contributed by atoms with Crippen LogP contribution in [-0.2, 0) is 11.2 Å². The maximum absolute atomic E-state index is 13.2. The second-order valence-corrected chi connectivity index (χ2v) is 7.86. The SMILES string of the molecule is CC[C@H](C)[C@@H](C(=O)C1CCNCC1)n1cc([C@@H](N)Cc2ccc(O)cc2)nn1. The molecule has 1 aliphatic rings. The third-order valence-electron chi connectivity index (χ3n) is 5.80. The van der Waals surface area contributed by atoms with E-state index in [1.54, 1.807) is 16.8 Å². The summed E-state index contributed by atoms with van der Waals surface area (Å²) in [7, 11) is 0. The van der Waals surface area contributed by atoms with Gasteiger partial charge in [0.15, 0.2) is 5.78 Å². The molecular formula is C21H31N5O2. The lowest BCUT2D eigenvalue weighted by Gasteiger charge is -2.28. The molecule has 0 amide bonds. The molecule has 1 saturated heterocycles. The number of aromatic nitrogens is 3. The number of hydrogen-bond donors (Lipinski definition) is 3. The van der Waals surface area contributed by atoms with E-state index in [0.29, 0.717) is 12.1 Å². The Bertz CT molecular complexity index is 767. The number of hydrogen-bond acceptors (Lipinski definition) is 6. The number of piperidine rings is 1. The van der Waals surface area contributed by atoms with Crippen LogP contribution < -0.4 is 11.1 Å². The van der Waals surface area contributed by atoms with Gasteiger partial charge in [0.1, 0.15) is 11.8 Å². The number of phenolic OH excluding ortho intramolecular Hbond substituents is 1. The largest absolute Gasteiger partial charge is 0.508 e. The molecule has 1 aromatic heterocycles. The highest BCUT2D eigenvalue weighted by molar-refractivity contribution is 5.85. The third-order valence-corrected chi connectivity index (χ3v) is 5.80. The zero-order valence-electron chi connectivity index (χ0n) is 16.7. The van der Waals surface area contributed by atoms with E-state index in [9.17, 15) is 9.90 Å². The fraction of sp³-hybridized carbons (Fsp3) is 0.571. The average Bonchev–Trinajstić information content (AvgIpc) is 3.20. The van der Waals surface area contributed by atoms with E-state index in [1.165, 1.54) is 0 Å². The highest BCUT2D eigenvalue weighted by Crippen LogP contribution is 2.29. The molecule has 2 heterocycles. The summed E-state index contributed by atoms with van der Waals surface area (Å²) in [4.78, 5) is 13.2. The van der Waals surface area contributed by atoms with Crippen molar-refractivity contribution in [3.05, 3.63) is 41.7 Å². The number of Topliss-reactive ketones (excluding diaryl/α,β-unsaturated/α-hetero) is 1. The monoisotopic (exact) mass is 385 g/mol. The Hall–Kier alpha value is -2.25. The van der Waals surface area contributed by atoms with E-state index >= 15 is 0 Å². The van der Waals surface area contributed by atoms with Crippen LogP contribution in [0.3, 0.4) is 0 Å². The number of ketones is 1. The van der Waals surface area contributed by atoms with Crippen molar-refractivity contribution in [1.82, 2.24) is 20.3 Å². The Morgan fingerprint density at radius 2 is 2.00 bits per heavy atom. The van der Waals surface area contributed by atoms with Crippen molar-refractivity contribution < 1.29 is 9.90 Å². The Kier molecular flexibility index (Phi) is 6.80. The van der Waals surface area contributed by atoms with E-state index in [0.717, 1.165) is 37.9 Å². The molecule has 1 aliphatic heterocycles. The fourth-order valence-corrected chi connectivity index (χ4v) is 3.83. The maximum atomic E-state index is 13.2. The third kappa shape index (κ3) is 4.77. The van der Waals surface area contributed by atoms with Crippen molar-refractivity contribution in [3.8, 4) is 5.75 Å². The standard InChI is InChI=1S/C21H31N5O2/c1-3-14(2)20(21(28)16-8-10-23-11-9-16)26-13-19(24-25-26)18(22)12-15-4-6-17(27)7-5-15/h4-7,13-14,16,18,20,23,27H,3,8-12,22H2,1-2H3/t14-,18-,20-/m0/s1. The van der Waals surface area contributed by atoms with Gasteiger partial charge in [0.2, 0.25) is 0 Å². The van der Waals surface area contributed by atoms with Crippen molar-refractivity contribution >= 4 is 5.78 Å². The molecule has 4 N–H and O–H groups in total. The Labute approximate surface area is 166 Å². The molecule has 1 aromatic carbocycles. The van der Waals surface area contributed by atoms with Crippen molar-refractivity contribution in [1.29, 1.82) is 0 Å². The summed E-state index contributed by atoms with van der Waals surface area (Å²) in [6, 6.07) is 6.38. The van der Waals surface area contributed by atoms with Gasteiger partial charge in [-0.25, -0.2) is 4.68 Å². The van der Waals surface area contributed by atoms with E-state index < -0.39 is 0 Å². The zero-order chi connectivity index (χ0) is 20.1. The Morgan fingerprint density at radius 3 is 2.64 bits per heavy atom. The molecule has 7 heteroatoms. The van der Waals surface area contributed by atoms with Gasteiger partial charge >= 0.3 is 0 Å². The molecule has 152 valence electrons. The number of nitrogens with zero attached hydrogens (tertiary/aromatic N) is 3. The lowest BCUT2D eigenvalue weighted by atomic mass is 9.84. The molecule has 7 nitrogen and oxygen atoms in total. The molecule has 0 aliphatic carbocycles. The summed E-state index contributed by atoms with van der Waals surface area (Å²) in [5.74, 6) is 0.763. The highest BCUT2D eigenvalue weighted by atomic mass is 16.3. The Balaban J connectivity index is 1.75. The summed E-state index contributed by atoms with van der Waals surface area (Å²) in [6.07, 6.45) is 5.09. The van der Waals surface area contributed by atoms with Gasteiger partial charge in [0, 0.05) is 5.92 Å². The first kappa shape index (κ1) is 20.5. The maximum Gasteiger partial charge on any atom is 0.160 e. The predicted molar refractivity (Wildman–Crippen MR) is 108 cm³/mol.